The van der Waals surface area contributed by atoms with E-state index in [1.807, 2.05) is 28.7 Å². The van der Waals surface area contributed by atoms with E-state index >= 15 is 0 Å². The van der Waals surface area contributed by atoms with E-state index < -0.39 is 0 Å². The summed E-state index contributed by atoms with van der Waals surface area (Å²) in [6.07, 6.45) is 0. The van der Waals surface area contributed by atoms with E-state index in [9.17, 15) is 0 Å². The Kier molecular flexibility index (Phi) is 2.12. The van der Waals surface area contributed by atoms with Gasteiger partial charge < -0.3 is 5.11 Å². The molecule has 0 bridgehead atoms. The standard InChI is InChI=1S/C7H4INO/c8-6-1-5(4-9)2-7(10)3-6/h1-3,10H. The first-order valence-electron chi connectivity index (χ1n) is 2.62. The lowest BCUT2D eigenvalue weighted by Gasteiger charge is -1.92. The zero-order valence-corrected chi connectivity index (χ0v) is 7.16. The Hall–Kier alpha value is -0.760. The van der Waals surface area contributed by atoms with Crippen LogP contribution in [-0.4, -0.2) is 5.11 Å². The Bertz CT molecular complexity index is 270. The minimum Gasteiger partial charge on any atom is -0.508 e. The first-order valence-corrected chi connectivity index (χ1v) is 3.70. The molecule has 0 aromatic heterocycles. The molecule has 50 valence electrons. The van der Waals surface area contributed by atoms with E-state index in [2.05, 4.69) is 0 Å². The number of halogens is 1. The Morgan fingerprint density at radius 2 is 2.10 bits per heavy atom. The molecule has 1 rings (SSSR count). The maximum absolute atomic E-state index is 8.97. The third kappa shape index (κ3) is 1.61. The van der Waals surface area contributed by atoms with E-state index in [1.165, 1.54) is 6.07 Å². The van der Waals surface area contributed by atoms with Crippen molar-refractivity contribution < 1.29 is 5.11 Å². The first kappa shape index (κ1) is 7.35. The zero-order chi connectivity index (χ0) is 7.56. The molecule has 0 aliphatic heterocycles. The van der Waals surface area contributed by atoms with E-state index in [4.69, 9.17) is 10.4 Å². The Morgan fingerprint density at radius 3 is 2.60 bits per heavy atom. The molecule has 0 spiro atoms. The van der Waals surface area contributed by atoms with Gasteiger partial charge in [0.2, 0.25) is 0 Å². The zero-order valence-electron chi connectivity index (χ0n) is 5.00. The summed E-state index contributed by atoms with van der Waals surface area (Å²) in [6, 6.07) is 6.68. The number of aromatic hydroxyl groups is 1. The predicted octanol–water partition coefficient (Wildman–Crippen LogP) is 1.87. The highest BCUT2D eigenvalue weighted by Gasteiger charge is 1.94. The number of hydrogen-bond acceptors (Lipinski definition) is 2. The number of phenolic OH excluding ortho intramolecular Hbond substituents is 1. The van der Waals surface area contributed by atoms with Crippen LogP contribution in [0.2, 0.25) is 0 Å². The average molecular weight is 245 g/mol. The van der Waals surface area contributed by atoms with Gasteiger partial charge in [-0.05, 0) is 40.8 Å². The number of benzene rings is 1. The van der Waals surface area contributed by atoms with Gasteiger partial charge in [0, 0.05) is 3.57 Å². The van der Waals surface area contributed by atoms with Gasteiger partial charge in [-0.2, -0.15) is 5.26 Å². The first-order chi connectivity index (χ1) is 4.72. The van der Waals surface area contributed by atoms with Crippen LogP contribution >= 0.6 is 22.6 Å². The minimum atomic E-state index is 0.142. The molecule has 0 amide bonds. The fraction of sp³-hybridized carbons (Fsp3) is 0. The maximum atomic E-state index is 8.97. The van der Waals surface area contributed by atoms with Gasteiger partial charge in [0.15, 0.2) is 0 Å². The molecule has 3 heteroatoms. The number of nitrogens with zero attached hydrogens (tertiary/aromatic N) is 1. The van der Waals surface area contributed by atoms with Crippen LogP contribution in [0.25, 0.3) is 0 Å². The second-order valence-electron chi connectivity index (χ2n) is 1.81. The van der Waals surface area contributed by atoms with Crippen LogP contribution < -0.4 is 0 Å². The second kappa shape index (κ2) is 2.88. The molecule has 0 radical (unpaired) electrons. The molecule has 2 nitrogen and oxygen atoms in total. The molecule has 0 unspecified atom stereocenters. The lowest BCUT2D eigenvalue weighted by molar-refractivity contribution is 0.474. The summed E-state index contributed by atoms with van der Waals surface area (Å²) in [5, 5.41) is 17.4. The normalized spacial score (nSPS) is 8.80. The van der Waals surface area contributed by atoms with Crippen LogP contribution in [-0.2, 0) is 0 Å². The van der Waals surface area contributed by atoms with Crippen molar-refractivity contribution in [2.24, 2.45) is 0 Å². The summed E-state index contributed by atoms with van der Waals surface area (Å²) >= 11 is 2.04. The van der Waals surface area contributed by atoms with Crippen molar-refractivity contribution in [3.8, 4) is 11.8 Å². The summed E-state index contributed by atoms with van der Waals surface area (Å²) in [5.74, 6) is 0.142. The van der Waals surface area contributed by atoms with E-state index in [-0.39, 0.29) is 5.75 Å². The van der Waals surface area contributed by atoms with Crippen LogP contribution in [0, 0.1) is 14.9 Å². The number of hydrogen-bond donors (Lipinski definition) is 1. The largest absolute Gasteiger partial charge is 0.508 e. The molecule has 1 aromatic rings. The lowest BCUT2D eigenvalue weighted by atomic mass is 10.2. The van der Waals surface area contributed by atoms with Gasteiger partial charge >= 0.3 is 0 Å². The lowest BCUT2D eigenvalue weighted by Crippen LogP contribution is -1.75. The monoisotopic (exact) mass is 245 g/mol. The van der Waals surface area contributed by atoms with Crippen molar-refractivity contribution >= 4 is 22.6 Å². The van der Waals surface area contributed by atoms with Gasteiger partial charge in [-0.1, -0.05) is 0 Å². The molecular formula is C7H4INO. The quantitative estimate of drug-likeness (QED) is 0.709. The Labute approximate surface area is 72.2 Å². The van der Waals surface area contributed by atoms with Crippen molar-refractivity contribution in [1.82, 2.24) is 0 Å². The summed E-state index contributed by atoms with van der Waals surface area (Å²) in [7, 11) is 0. The molecule has 0 saturated carbocycles. The molecular weight excluding hydrogens is 241 g/mol. The highest BCUT2D eigenvalue weighted by molar-refractivity contribution is 14.1. The van der Waals surface area contributed by atoms with Crippen molar-refractivity contribution in [2.45, 2.75) is 0 Å². The van der Waals surface area contributed by atoms with E-state index in [0.29, 0.717) is 5.56 Å². The Balaban J connectivity index is 3.22. The van der Waals surface area contributed by atoms with Crippen molar-refractivity contribution in [3.05, 3.63) is 27.3 Å². The number of nitriles is 1. The molecule has 0 heterocycles. The Morgan fingerprint density at radius 1 is 1.40 bits per heavy atom. The fourth-order valence-corrected chi connectivity index (χ4v) is 1.29. The highest BCUT2D eigenvalue weighted by Crippen LogP contribution is 2.16. The minimum absolute atomic E-state index is 0.142. The van der Waals surface area contributed by atoms with Gasteiger partial charge in [-0.25, -0.2) is 0 Å². The van der Waals surface area contributed by atoms with Crippen LogP contribution in [0.4, 0.5) is 0 Å². The van der Waals surface area contributed by atoms with Crippen molar-refractivity contribution in [2.75, 3.05) is 0 Å². The summed E-state index contributed by atoms with van der Waals surface area (Å²) < 4.78 is 0.870. The smallest absolute Gasteiger partial charge is 0.117 e. The number of rotatable bonds is 0. The molecule has 10 heavy (non-hydrogen) atoms. The summed E-state index contributed by atoms with van der Waals surface area (Å²) in [5.41, 5.74) is 0.490. The van der Waals surface area contributed by atoms with Crippen LogP contribution in [0.3, 0.4) is 0 Å². The SMILES string of the molecule is N#Cc1cc(O)cc(I)c1. The molecule has 0 saturated heterocycles. The highest BCUT2D eigenvalue weighted by atomic mass is 127. The second-order valence-corrected chi connectivity index (χ2v) is 3.06. The average Bonchev–Trinajstić information content (AvgIpc) is 1.85. The van der Waals surface area contributed by atoms with Gasteiger partial charge in [-0.15, -0.1) is 0 Å². The van der Waals surface area contributed by atoms with Crippen LogP contribution in [0.5, 0.6) is 5.75 Å². The van der Waals surface area contributed by atoms with Gasteiger partial charge in [-0.3, -0.25) is 0 Å². The summed E-state index contributed by atoms with van der Waals surface area (Å²) in [4.78, 5) is 0. The predicted molar refractivity (Wildman–Crippen MR) is 45.5 cm³/mol. The van der Waals surface area contributed by atoms with Crippen molar-refractivity contribution in [3.63, 3.8) is 0 Å². The molecule has 1 N–H and O–H groups in total. The van der Waals surface area contributed by atoms with Crippen molar-refractivity contribution in [1.29, 1.82) is 5.26 Å². The topological polar surface area (TPSA) is 44.0 Å². The number of phenols is 1. The summed E-state index contributed by atoms with van der Waals surface area (Å²) in [6.45, 7) is 0. The third-order valence-corrected chi connectivity index (χ3v) is 1.63. The van der Waals surface area contributed by atoms with Gasteiger partial charge in [0.1, 0.15) is 5.75 Å². The molecule has 0 atom stereocenters. The van der Waals surface area contributed by atoms with E-state index in [1.54, 1.807) is 12.1 Å². The molecule has 0 aliphatic carbocycles. The van der Waals surface area contributed by atoms with E-state index in [0.717, 1.165) is 3.57 Å². The maximum Gasteiger partial charge on any atom is 0.117 e. The fourth-order valence-electron chi connectivity index (χ4n) is 0.639. The third-order valence-electron chi connectivity index (χ3n) is 1.01. The molecule has 1 aromatic carbocycles. The molecule has 0 fully saturated rings. The van der Waals surface area contributed by atoms with Gasteiger partial charge in [0.25, 0.3) is 0 Å². The molecule has 0 aliphatic rings. The van der Waals surface area contributed by atoms with Crippen LogP contribution in [0.1, 0.15) is 5.56 Å². The van der Waals surface area contributed by atoms with Gasteiger partial charge in [0.05, 0.1) is 11.6 Å². The van der Waals surface area contributed by atoms with Crippen LogP contribution in [0.15, 0.2) is 18.2 Å².